The highest BCUT2D eigenvalue weighted by molar-refractivity contribution is 6.31. The van der Waals surface area contributed by atoms with Gasteiger partial charge in [-0.05, 0) is 31.7 Å². The Morgan fingerprint density at radius 2 is 2.16 bits per heavy atom. The summed E-state index contributed by atoms with van der Waals surface area (Å²) in [5, 5.41) is 9.06. The molecule has 0 amide bonds. The smallest absolute Gasteiger partial charge is 0.0850 e. The number of hydrogen-bond donors (Lipinski definition) is 1. The largest absolute Gasteiger partial charge is 0.314 e. The van der Waals surface area contributed by atoms with Crippen molar-refractivity contribution in [2.45, 2.75) is 58.4 Å². The Bertz CT molecular complexity index is 410. The van der Waals surface area contributed by atoms with E-state index in [9.17, 15) is 0 Å². The first-order valence-corrected chi connectivity index (χ1v) is 7.97. The predicted octanol–water partition coefficient (Wildman–Crippen LogP) is 3.35. The normalized spacial score (nSPS) is 16.8. The van der Waals surface area contributed by atoms with E-state index in [2.05, 4.69) is 24.3 Å². The summed E-state index contributed by atoms with van der Waals surface area (Å²) in [5.41, 5.74) is 2.22. The zero-order chi connectivity index (χ0) is 13.8. The van der Waals surface area contributed by atoms with Gasteiger partial charge in [-0.1, -0.05) is 38.3 Å². The molecule has 3 nitrogen and oxygen atoms in total. The van der Waals surface area contributed by atoms with Crippen molar-refractivity contribution in [3.63, 3.8) is 0 Å². The van der Waals surface area contributed by atoms with Crippen LogP contribution in [0.5, 0.6) is 0 Å². The zero-order valence-corrected chi connectivity index (χ0v) is 13.1. The first-order valence-electron chi connectivity index (χ1n) is 7.59. The van der Waals surface area contributed by atoms with Crippen molar-refractivity contribution in [2.24, 2.45) is 13.0 Å². The van der Waals surface area contributed by atoms with Gasteiger partial charge in [0.15, 0.2) is 0 Å². The van der Waals surface area contributed by atoms with E-state index in [1.165, 1.54) is 31.4 Å². The molecular weight excluding hydrogens is 258 g/mol. The molecule has 1 atom stereocenters. The summed E-state index contributed by atoms with van der Waals surface area (Å²) in [6.07, 6.45) is 7.18. The van der Waals surface area contributed by atoms with Gasteiger partial charge in [-0.2, -0.15) is 5.10 Å². The molecule has 1 aliphatic carbocycles. The molecule has 19 heavy (non-hydrogen) atoms. The minimum atomic E-state index is 0.546. The third kappa shape index (κ3) is 3.96. The quantitative estimate of drug-likeness (QED) is 0.793. The second-order valence-electron chi connectivity index (χ2n) is 5.72. The maximum atomic E-state index is 6.45. The lowest BCUT2D eigenvalue weighted by Gasteiger charge is -2.18. The number of hydrogen-bond acceptors (Lipinski definition) is 2. The molecule has 1 N–H and O–H groups in total. The third-order valence-corrected chi connectivity index (χ3v) is 4.38. The van der Waals surface area contributed by atoms with E-state index in [0.717, 1.165) is 36.0 Å². The molecular formula is C15H26ClN3. The van der Waals surface area contributed by atoms with Gasteiger partial charge in [-0.15, -0.1) is 0 Å². The molecule has 0 aromatic carbocycles. The van der Waals surface area contributed by atoms with Crippen LogP contribution >= 0.6 is 11.6 Å². The Kier molecular flexibility index (Phi) is 5.28. The summed E-state index contributed by atoms with van der Waals surface area (Å²) in [7, 11) is 2.01. The van der Waals surface area contributed by atoms with Gasteiger partial charge in [0.2, 0.25) is 0 Å². The Morgan fingerprint density at radius 3 is 2.68 bits per heavy atom. The Hall–Kier alpha value is -0.540. The Labute approximate surface area is 121 Å². The zero-order valence-electron chi connectivity index (χ0n) is 12.4. The fourth-order valence-corrected chi connectivity index (χ4v) is 2.99. The molecule has 1 aromatic rings. The highest BCUT2D eigenvalue weighted by atomic mass is 35.5. The van der Waals surface area contributed by atoms with Crippen LogP contribution in [-0.4, -0.2) is 22.4 Å². The van der Waals surface area contributed by atoms with E-state index >= 15 is 0 Å². The summed E-state index contributed by atoms with van der Waals surface area (Å²) in [6, 6.07) is 0.546. The van der Waals surface area contributed by atoms with E-state index in [1.807, 2.05) is 11.7 Å². The van der Waals surface area contributed by atoms with Crippen LogP contribution < -0.4 is 5.32 Å². The number of aromatic nitrogens is 2. The van der Waals surface area contributed by atoms with Gasteiger partial charge < -0.3 is 5.32 Å². The van der Waals surface area contributed by atoms with Crippen LogP contribution in [0.4, 0.5) is 0 Å². The molecule has 1 aliphatic rings. The summed E-state index contributed by atoms with van der Waals surface area (Å²) in [6.45, 7) is 5.41. The maximum absolute atomic E-state index is 6.45. The minimum Gasteiger partial charge on any atom is -0.314 e. The second kappa shape index (κ2) is 6.76. The topological polar surface area (TPSA) is 29.9 Å². The number of nitrogens with one attached hydrogen (secondary N) is 1. The van der Waals surface area contributed by atoms with Crippen LogP contribution in [0, 0.1) is 5.92 Å². The first-order chi connectivity index (χ1) is 9.15. The van der Waals surface area contributed by atoms with E-state index in [4.69, 9.17) is 11.6 Å². The number of halogens is 1. The first kappa shape index (κ1) is 14.9. The van der Waals surface area contributed by atoms with Crippen molar-refractivity contribution >= 4 is 11.6 Å². The molecule has 0 saturated heterocycles. The van der Waals surface area contributed by atoms with Crippen LogP contribution in [-0.2, 0) is 19.9 Å². The number of aryl methyl sites for hydroxylation is 2. The molecule has 1 saturated carbocycles. The average molecular weight is 284 g/mol. The number of rotatable bonds is 8. The molecule has 0 radical (unpaired) electrons. The lowest BCUT2D eigenvalue weighted by atomic mass is 10.0. The van der Waals surface area contributed by atoms with Crippen molar-refractivity contribution in [3.8, 4) is 0 Å². The molecule has 108 valence electrons. The Morgan fingerprint density at radius 1 is 1.42 bits per heavy atom. The third-order valence-electron chi connectivity index (χ3n) is 3.94. The van der Waals surface area contributed by atoms with Crippen LogP contribution in [0.25, 0.3) is 0 Å². The van der Waals surface area contributed by atoms with Crippen molar-refractivity contribution < 1.29 is 0 Å². The van der Waals surface area contributed by atoms with Crippen LogP contribution in [0.15, 0.2) is 0 Å². The minimum absolute atomic E-state index is 0.546. The van der Waals surface area contributed by atoms with Crippen LogP contribution in [0.1, 0.15) is 50.9 Å². The van der Waals surface area contributed by atoms with Crippen molar-refractivity contribution in [1.82, 2.24) is 15.1 Å². The molecule has 0 aliphatic heterocycles. The highest BCUT2D eigenvalue weighted by Crippen LogP contribution is 2.34. The van der Waals surface area contributed by atoms with Gasteiger partial charge in [-0.3, -0.25) is 4.68 Å². The standard InChI is InChI=1S/C15H26ClN3/c1-4-8-17-12(9-11-6-7-11)10-14-15(16)13(5-2)18-19(14)3/h11-12,17H,4-10H2,1-3H3. The summed E-state index contributed by atoms with van der Waals surface area (Å²) in [5.74, 6) is 0.937. The summed E-state index contributed by atoms with van der Waals surface area (Å²) >= 11 is 6.45. The molecule has 1 aromatic heterocycles. The van der Waals surface area contributed by atoms with Crippen molar-refractivity contribution in [2.75, 3.05) is 6.54 Å². The fourth-order valence-electron chi connectivity index (χ4n) is 2.62. The van der Waals surface area contributed by atoms with E-state index in [1.54, 1.807) is 0 Å². The number of nitrogens with zero attached hydrogens (tertiary/aromatic N) is 2. The SMILES string of the molecule is CCCNC(Cc1c(Cl)c(CC)nn1C)CC1CC1. The molecule has 2 rings (SSSR count). The van der Waals surface area contributed by atoms with E-state index < -0.39 is 0 Å². The van der Waals surface area contributed by atoms with Gasteiger partial charge >= 0.3 is 0 Å². The van der Waals surface area contributed by atoms with Crippen LogP contribution in [0.3, 0.4) is 0 Å². The highest BCUT2D eigenvalue weighted by Gasteiger charge is 2.26. The van der Waals surface area contributed by atoms with Gasteiger partial charge in [0.05, 0.1) is 16.4 Å². The fraction of sp³-hybridized carbons (Fsp3) is 0.800. The summed E-state index contributed by atoms with van der Waals surface area (Å²) < 4.78 is 1.97. The van der Waals surface area contributed by atoms with Gasteiger partial charge in [0.1, 0.15) is 0 Å². The Balaban J connectivity index is 2.04. The van der Waals surface area contributed by atoms with Crippen molar-refractivity contribution in [1.29, 1.82) is 0 Å². The predicted molar refractivity (Wildman–Crippen MR) is 80.7 cm³/mol. The lowest BCUT2D eigenvalue weighted by Crippen LogP contribution is -2.33. The molecule has 1 fully saturated rings. The van der Waals surface area contributed by atoms with E-state index in [-0.39, 0.29) is 0 Å². The lowest BCUT2D eigenvalue weighted by molar-refractivity contribution is 0.445. The second-order valence-corrected chi connectivity index (χ2v) is 6.10. The van der Waals surface area contributed by atoms with Gasteiger partial charge in [0.25, 0.3) is 0 Å². The molecule has 4 heteroatoms. The van der Waals surface area contributed by atoms with Crippen LogP contribution in [0.2, 0.25) is 5.02 Å². The van der Waals surface area contributed by atoms with Crippen molar-refractivity contribution in [3.05, 3.63) is 16.4 Å². The van der Waals surface area contributed by atoms with Gasteiger partial charge in [0, 0.05) is 19.5 Å². The average Bonchev–Trinajstić information content (AvgIpc) is 3.17. The monoisotopic (exact) mass is 283 g/mol. The molecule has 0 bridgehead atoms. The maximum Gasteiger partial charge on any atom is 0.0850 e. The van der Waals surface area contributed by atoms with E-state index in [0.29, 0.717) is 6.04 Å². The molecule has 1 unspecified atom stereocenters. The molecule has 1 heterocycles. The summed E-state index contributed by atoms with van der Waals surface area (Å²) in [4.78, 5) is 0. The van der Waals surface area contributed by atoms with Gasteiger partial charge in [-0.25, -0.2) is 0 Å². The molecule has 0 spiro atoms.